The molecule has 0 saturated heterocycles. The normalized spacial score (nSPS) is 14.3. The van der Waals surface area contributed by atoms with Crippen LogP contribution in [0.25, 0.3) is 11.4 Å². The first-order valence-electron chi connectivity index (χ1n) is 7.79. The lowest BCUT2D eigenvalue weighted by molar-refractivity contribution is 0.391. The second-order valence-electron chi connectivity index (χ2n) is 5.53. The Morgan fingerprint density at radius 1 is 1.22 bits per heavy atom. The van der Waals surface area contributed by atoms with Crippen molar-refractivity contribution >= 4 is 11.8 Å². The molecule has 0 unspecified atom stereocenters. The minimum absolute atomic E-state index is 0.600. The van der Waals surface area contributed by atoms with Gasteiger partial charge in [0, 0.05) is 18.0 Å². The lowest BCUT2D eigenvalue weighted by Crippen LogP contribution is -2.02. The first-order chi connectivity index (χ1) is 11.3. The summed E-state index contributed by atoms with van der Waals surface area (Å²) in [7, 11) is 0. The largest absolute Gasteiger partial charge is 0.338 e. The molecule has 0 radical (unpaired) electrons. The molecular formula is C16H17N5OS. The smallest absolute Gasteiger partial charge is 0.237 e. The zero-order valence-corrected chi connectivity index (χ0v) is 13.7. The molecule has 0 bridgehead atoms. The zero-order chi connectivity index (χ0) is 15.6. The standard InChI is InChI=1S/C16H17N5OS/c1-2-21-15(12-8-9-12)18-19-16(21)23-10-13-17-14(20-22-13)11-6-4-3-5-7-11/h3-7,12H,2,8-10H2,1H3. The van der Waals surface area contributed by atoms with E-state index in [2.05, 4.69) is 31.8 Å². The van der Waals surface area contributed by atoms with Gasteiger partial charge in [-0.2, -0.15) is 4.98 Å². The third-order valence-electron chi connectivity index (χ3n) is 3.83. The molecule has 4 rings (SSSR count). The predicted molar refractivity (Wildman–Crippen MR) is 87.0 cm³/mol. The number of aromatic nitrogens is 5. The summed E-state index contributed by atoms with van der Waals surface area (Å²) in [5.74, 6) is 3.54. The van der Waals surface area contributed by atoms with E-state index < -0.39 is 0 Å². The molecule has 1 aromatic carbocycles. The van der Waals surface area contributed by atoms with Gasteiger partial charge in [0.1, 0.15) is 5.82 Å². The summed E-state index contributed by atoms with van der Waals surface area (Å²) in [5, 5.41) is 13.6. The van der Waals surface area contributed by atoms with E-state index in [1.807, 2.05) is 30.3 Å². The van der Waals surface area contributed by atoms with Gasteiger partial charge in [0.15, 0.2) is 5.16 Å². The molecule has 1 saturated carbocycles. The molecule has 0 aliphatic heterocycles. The maximum Gasteiger partial charge on any atom is 0.237 e. The zero-order valence-electron chi connectivity index (χ0n) is 12.8. The van der Waals surface area contributed by atoms with Crippen molar-refractivity contribution in [2.75, 3.05) is 0 Å². The fourth-order valence-corrected chi connectivity index (χ4v) is 3.34. The van der Waals surface area contributed by atoms with Crippen molar-refractivity contribution in [3.8, 4) is 11.4 Å². The molecule has 1 fully saturated rings. The van der Waals surface area contributed by atoms with Crippen LogP contribution < -0.4 is 0 Å². The highest BCUT2D eigenvalue weighted by Gasteiger charge is 2.30. The minimum atomic E-state index is 0.600. The number of rotatable bonds is 6. The Kier molecular flexibility index (Phi) is 3.87. The maximum absolute atomic E-state index is 5.34. The van der Waals surface area contributed by atoms with E-state index in [1.165, 1.54) is 12.8 Å². The summed E-state index contributed by atoms with van der Waals surface area (Å²) in [5.41, 5.74) is 0.959. The second-order valence-corrected chi connectivity index (χ2v) is 6.47. The van der Waals surface area contributed by atoms with Gasteiger partial charge in [-0.3, -0.25) is 0 Å². The Balaban J connectivity index is 1.46. The van der Waals surface area contributed by atoms with E-state index >= 15 is 0 Å². The predicted octanol–water partition coefficient (Wildman–Crippen LogP) is 3.52. The Bertz CT molecular complexity index is 794. The van der Waals surface area contributed by atoms with Gasteiger partial charge in [-0.05, 0) is 19.8 Å². The maximum atomic E-state index is 5.34. The van der Waals surface area contributed by atoms with E-state index in [1.54, 1.807) is 11.8 Å². The van der Waals surface area contributed by atoms with Crippen LogP contribution in [0.3, 0.4) is 0 Å². The number of hydrogen-bond acceptors (Lipinski definition) is 6. The third-order valence-corrected chi connectivity index (χ3v) is 4.78. The van der Waals surface area contributed by atoms with Crippen LogP contribution in [0.4, 0.5) is 0 Å². The van der Waals surface area contributed by atoms with Gasteiger partial charge in [-0.1, -0.05) is 47.3 Å². The summed E-state index contributed by atoms with van der Waals surface area (Å²) in [6.07, 6.45) is 2.46. The highest BCUT2D eigenvalue weighted by Crippen LogP contribution is 2.40. The fraction of sp³-hybridized carbons (Fsp3) is 0.375. The highest BCUT2D eigenvalue weighted by molar-refractivity contribution is 7.98. The molecule has 3 aromatic rings. The molecule has 0 atom stereocenters. The van der Waals surface area contributed by atoms with Crippen LogP contribution in [0, 0.1) is 0 Å². The SMILES string of the molecule is CCn1c(SCc2nc(-c3ccccc3)no2)nnc1C1CC1. The van der Waals surface area contributed by atoms with Crippen molar-refractivity contribution < 1.29 is 4.52 Å². The molecule has 2 heterocycles. The highest BCUT2D eigenvalue weighted by atomic mass is 32.2. The topological polar surface area (TPSA) is 69.6 Å². The molecule has 0 N–H and O–H groups in total. The molecule has 7 heteroatoms. The van der Waals surface area contributed by atoms with Crippen LogP contribution in [0.1, 0.15) is 37.4 Å². The molecular weight excluding hydrogens is 310 g/mol. The number of hydrogen-bond donors (Lipinski definition) is 0. The first kappa shape index (κ1) is 14.4. The Labute approximate surface area is 138 Å². The molecule has 118 valence electrons. The van der Waals surface area contributed by atoms with E-state index in [9.17, 15) is 0 Å². The molecule has 1 aliphatic rings. The minimum Gasteiger partial charge on any atom is -0.338 e. The molecule has 0 amide bonds. The number of nitrogens with zero attached hydrogens (tertiary/aromatic N) is 5. The average Bonchev–Trinajstić information content (AvgIpc) is 3.19. The van der Waals surface area contributed by atoms with Gasteiger partial charge in [0.05, 0.1) is 5.75 Å². The van der Waals surface area contributed by atoms with Gasteiger partial charge in [-0.15, -0.1) is 10.2 Å². The number of benzene rings is 1. The van der Waals surface area contributed by atoms with Gasteiger partial charge in [0.2, 0.25) is 11.7 Å². The van der Waals surface area contributed by atoms with Gasteiger partial charge < -0.3 is 9.09 Å². The van der Waals surface area contributed by atoms with E-state index in [0.29, 0.717) is 23.4 Å². The fourth-order valence-electron chi connectivity index (χ4n) is 2.49. The van der Waals surface area contributed by atoms with Crippen LogP contribution in [-0.2, 0) is 12.3 Å². The molecule has 1 aliphatic carbocycles. The van der Waals surface area contributed by atoms with Crippen molar-refractivity contribution in [3.05, 3.63) is 42.0 Å². The molecule has 23 heavy (non-hydrogen) atoms. The van der Waals surface area contributed by atoms with Crippen molar-refractivity contribution in [3.63, 3.8) is 0 Å². The monoisotopic (exact) mass is 327 g/mol. The van der Waals surface area contributed by atoms with Crippen LogP contribution in [0.15, 0.2) is 40.0 Å². The van der Waals surface area contributed by atoms with E-state index in [4.69, 9.17) is 4.52 Å². The lowest BCUT2D eigenvalue weighted by atomic mass is 10.2. The summed E-state index contributed by atoms with van der Waals surface area (Å²) in [4.78, 5) is 4.45. The molecule has 0 spiro atoms. The van der Waals surface area contributed by atoms with Crippen molar-refractivity contribution in [2.45, 2.75) is 43.1 Å². The Morgan fingerprint density at radius 2 is 2.04 bits per heavy atom. The van der Waals surface area contributed by atoms with Crippen molar-refractivity contribution in [2.24, 2.45) is 0 Å². The van der Waals surface area contributed by atoms with Gasteiger partial charge in [0.25, 0.3) is 0 Å². The van der Waals surface area contributed by atoms with E-state index in [-0.39, 0.29) is 0 Å². The third kappa shape index (κ3) is 3.01. The van der Waals surface area contributed by atoms with Crippen molar-refractivity contribution in [1.82, 2.24) is 24.9 Å². The molecule has 2 aromatic heterocycles. The van der Waals surface area contributed by atoms with Crippen LogP contribution >= 0.6 is 11.8 Å². The summed E-state index contributed by atoms with van der Waals surface area (Å²) < 4.78 is 7.53. The molecule has 6 nitrogen and oxygen atoms in total. The first-order valence-corrected chi connectivity index (χ1v) is 8.77. The Morgan fingerprint density at radius 3 is 2.78 bits per heavy atom. The summed E-state index contributed by atoms with van der Waals surface area (Å²) in [6.45, 7) is 3.01. The van der Waals surface area contributed by atoms with Gasteiger partial charge in [-0.25, -0.2) is 0 Å². The average molecular weight is 327 g/mol. The quantitative estimate of drug-likeness (QED) is 0.645. The summed E-state index contributed by atoms with van der Waals surface area (Å²) in [6, 6.07) is 9.83. The van der Waals surface area contributed by atoms with Crippen LogP contribution in [0.2, 0.25) is 0 Å². The summed E-state index contributed by atoms with van der Waals surface area (Å²) >= 11 is 1.59. The number of thioether (sulfide) groups is 1. The van der Waals surface area contributed by atoms with Gasteiger partial charge >= 0.3 is 0 Å². The lowest BCUT2D eigenvalue weighted by Gasteiger charge is -2.04. The van der Waals surface area contributed by atoms with Crippen LogP contribution in [-0.4, -0.2) is 24.9 Å². The van der Waals surface area contributed by atoms with Crippen LogP contribution in [0.5, 0.6) is 0 Å². The van der Waals surface area contributed by atoms with E-state index in [0.717, 1.165) is 23.1 Å². The Hall–Kier alpha value is -2.15. The van der Waals surface area contributed by atoms with Crippen molar-refractivity contribution in [1.29, 1.82) is 0 Å². The second kappa shape index (κ2) is 6.16.